The van der Waals surface area contributed by atoms with Crippen LogP contribution in [0.25, 0.3) is 0 Å². The SMILES string of the molecule is CCc1ccc(NC(=O)COc2ccc(/C=N\NC(=O)C(=O)NCc3ccc4c(c3)OCO4)cc2)cc1. The highest BCUT2D eigenvalue weighted by atomic mass is 16.7. The van der Waals surface area contributed by atoms with E-state index < -0.39 is 11.8 Å². The third kappa shape index (κ3) is 7.31. The summed E-state index contributed by atoms with van der Waals surface area (Å²) >= 11 is 0. The number of fused-ring (bicyclic) bond motifs is 1. The molecule has 10 heteroatoms. The third-order valence-corrected chi connectivity index (χ3v) is 5.37. The molecule has 0 spiro atoms. The summed E-state index contributed by atoms with van der Waals surface area (Å²) in [4.78, 5) is 36.1. The van der Waals surface area contributed by atoms with Gasteiger partial charge >= 0.3 is 11.8 Å². The van der Waals surface area contributed by atoms with Crippen LogP contribution in [0.2, 0.25) is 0 Å². The fraction of sp³-hybridized carbons (Fsp3) is 0.185. The molecule has 0 fully saturated rings. The molecule has 0 unspecified atom stereocenters. The van der Waals surface area contributed by atoms with Crippen LogP contribution >= 0.6 is 0 Å². The van der Waals surface area contributed by atoms with Crippen LogP contribution in [-0.2, 0) is 27.3 Å². The number of benzene rings is 3. The second kappa shape index (κ2) is 12.2. The molecule has 1 aliphatic heterocycles. The predicted octanol–water partition coefficient (Wildman–Crippen LogP) is 2.76. The minimum Gasteiger partial charge on any atom is -0.484 e. The van der Waals surface area contributed by atoms with Crippen molar-refractivity contribution < 1.29 is 28.6 Å². The smallest absolute Gasteiger partial charge is 0.329 e. The van der Waals surface area contributed by atoms with Crippen molar-refractivity contribution in [1.82, 2.24) is 10.7 Å². The summed E-state index contributed by atoms with van der Waals surface area (Å²) in [7, 11) is 0. The van der Waals surface area contributed by atoms with Crippen molar-refractivity contribution >= 4 is 29.6 Å². The van der Waals surface area contributed by atoms with Gasteiger partial charge in [0, 0.05) is 12.2 Å². The first-order valence-electron chi connectivity index (χ1n) is 11.6. The van der Waals surface area contributed by atoms with E-state index in [0.717, 1.165) is 12.0 Å². The highest BCUT2D eigenvalue weighted by molar-refractivity contribution is 6.35. The van der Waals surface area contributed by atoms with Gasteiger partial charge < -0.3 is 24.8 Å². The third-order valence-electron chi connectivity index (χ3n) is 5.37. The Hall–Kier alpha value is -4.86. The Labute approximate surface area is 213 Å². The number of aryl methyl sites for hydroxylation is 1. The Morgan fingerprint density at radius 3 is 2.41 bits per heavy atom. The van der Waals surface area contributed by atoms with E-state index >= 15 is 0 Å². The summed E-state index contributed by atoms with van der Waals surface area (Å²) < 4.78 is 16.0. The van der Waals surface area contributed by atoms with Crippen LogP contribution in [0.5, 0.6) is 17.2 Å². The zero-order valence-electron chi connectivity index (χ0n) is 20.2. The van der Waals surface area contributed by atoms with E-state index in [1.807, 2.05) is 24.3 Å². The maximum Gasteiger partial charge on any atom is 0.329 e. The quantitative estimate of drug-likeness (QED) is 0.235. The molecular formula is C27H26N4O6. The summed E-state index contributed by atoms with van der Waals surface area (Å²) in [5, 5.41) is 9.10. The molecule has 3 amide bonds. The second-order valence-electron chi connectivity index (χ2n) is 8.03. The molecule has 37 heavy (non-hydrogen) atoms. The number of carbonyl (C=O) groups is 3. The molecule has 0 radical (unpaired) electrons. The molecule has 0 atom stereocenters. The number of anilines is 1. The highest BCUT2D eigenvalue weighted by Crippen LogP contribution is 2.32. The minimum atomic E-state index is -0.896. The van der Waals surface area contributed by atoms with Gasteiger partial charge in [0.15, 0.2) is 18.1 Å². The number of nitrogens with one attached hydrogen (secondary N) is 3. The number of ether oxygens (including phenoxy) is 3. The number of nitrogens with zero attached hydrogens (tertiary/aromatic N) is 1. The van der Waals surface area contributed by atoms with Gasteiger partial charge in [-0.25, -0.2) is 5.43 Å². The second-order valence-corrected chi connectivity index (χ2v) is 8.03. The predicted molar refractivity (Wildman–Crippen MR) is 137 cm³/mol. The number of amides is 3. The Morgan fingerprint density at radius 1 is 0.919 bits per heavy atom. The molecular weight excluding hydrogens is 476 g/mol. The monoisotopic (exact) mass is 502 g/mol. The van der Waals surface area contributed by atoms with Crippen LogP contribution in [0.4, 0.5) is 5.69 Å². The first-order chi connectivity index (χ1) is 18.0. The van der Waals surface area contributed by atoms with Gasteiger partial charge in [0.05, 0.1) is 6.21 Å². The zero-order valence-corrected chi connectivity index (χ0v) is 20.2. The molecule has 0 saturated heterocycles. The molecule has 10 nitrogen and oxygen atoms in total. The Kier molecular flexibility index (Phi) is 8.33. The van der Waals surface area contributed by atoms with E-state index in [4.69, 9.17) is 14.2 Å². The maximum atomic E-state index is 12.1. The lowest BCUT2D eigenvalue weighted by Crippen LogP contribution is -2.37. The van der Waals surface area contributed by atoms with Crippen LogP contribution in [0.3, 0.4) is 0 Å². The first kappa shape index (κ1) is 25.2. The van der Waals surface area contributed by atoms with Crippen LogP contribution in [0.15, 0.2) is 71.8 Å². The standard InChI is InChI=1S/C27H26N4O6/c1-2-18-3-8-21(9-4-18)30-25(32)16-35-22-10-5-19(6-11-22)15-29-31-27(34)26(33)28-14-20-7-12-23-24(13-20)37-17-36-23/h3-13,15H,2,14,16-17H2,1H3,(H,28,33)(H,30,32)(H,31,34)/b29-15-. The summed E-state index contributed by atoms with van der Waals surface area (Å²) in [6.07, 6.45) is 2.32. The summed E-state index contributed by atoms with van der Waals surface area (Å²) in [5.41, 5.74) is 5.51. The van der Waals surface area contributed by atoms with Gasteiger partial charge in [0.1, 0.15) is 5.75 Å². The normalized spacial score (nSPS) is 11.7. The molecule has 0 aliphatic carbocycles. The van der Waals surface area contributed by atoms with Gasteiger partial charge in [-0.3, -0.25) is 14.4 Å². The van der Waals surface area contributed by atoms with Gasteiger partial charge in [-0.15, -0.1) is 0 Å². The molecule has 0 aromatic heterocycles. The lowest BCUT2D eigenvalue weighted by atomic mass is 10.1. The van der Waals surface area contributed by atoms with Crippen molar-refractivity contribution in [2.24, 2.45) is 5.10 Å². The van der Waals surface area contributed by atoms with E-state index in [9.17, 15) is 14.4 Å². The average molecular weight is 503 g/mol. The van der Waals surface area contributed by atoms with Gasteiger partial charge in [0.2, 0.25) is 6.79 Å². The van der Waals surface area contributed by atoms with Gasteiger partial charge in [-0.1, -0.05) is 25.1 Å². The van der Waals surface area contributed by atoms with E-state index in [0.29, 0.717) is 28.5 Å². The molecule has 1 aliphatic rings. The number of hydrogen-bond acceptors (Lipinski definition) is 7. The number of hydrazone groups is 1. The maximum absolute atomic E-state index is 12.1. The van der Waals surface area contributed by atoms with Crippen molar-refractivity contribution in [1.29, 1.82) is 0 Å². The van der Waals surface area contributed by atoms with Crippen molar-refractivity contribution in [2.45, 2.75) is 19.9 Å². The molecule has 190 valence electrons. The number of hydrogen-bond donors (Lipinski definition) is 3. The van der Waals surface area contributed by atoms with E-state index in [2.05, 4.69) is 28.1 Å². The number of rotatable bonds is 9. The summed E-state index contributed by atoms with van der Waals surface area (Å²) in [5.74, 6) is -0.251. The van der Waals surface area contributed by atoms with Gasteiger partial charge in [0.25, 0.3) is 5.91 Å². The van der Waals surface area contributed by atoms with Crippen LogP contribution in [-0.4, -0.2) is 37.3 Å². The van der Waals surface area contributed by atoms with Gasteiger partial charge in [-0.2, -0.15) is 5.10 Å². The molecule has 3 N–H and O–H groups in total. The van der Waals surface area contributed by atoms with Crippen molar-refractivity contribution in [3.63, 3.8) is 0 Å². The summed E-state index contributed by atoms with van der Waals surface area (Å²) in [6, 6.07) is 19.6. The topological polar surface area (TPSA) is 127 Å². The van der Waals surface area contributed by atoms with E-state index in [1.54, 1.807) is 42.5 Å². The molecule has 0 bridgehead atoms. The average Bonchev–Trinajstić information content (AvgIpc) is 3.39. The lowest BCUT2D eigenvalue weighted by molar-refractivity contribution is -0.139. The van der Waals surface area contributed by atoms with Crippen molar-refractivity contribution in [3.05, 3.63) is 83.4 Å². The molecule has 1 heterocycles. The molecule has 3 aromatic carbocycles. The first-order valence-corrected chi connectivity index (χ1v) is 11.6. The summed E-state index contributed by atoms with van der Waals surface area (Å²) in [6.45, 7) is 2.24. The van der Waals surface area contributed by atoms with Crippen molar-refractivity contribution in [3.8, 4) is 17.2 Å². The minimum absolute atomic E-state index is 0.138. The molecule has 4 rings (SSSR count). The largest absolute Gasteiger partial charge is 0.484 e. The van der Waals surface area contributed by atoms with E-state index in [1.165, 1.54) is 11.8 Å². The molecule has 3 aromatic rings. The lowest BCUT2D eigenvalue weighted by Gasteiger charge is -2.08. The zero-order chi connectivity index (χ0) is 26.0. The van der Waals surface area contributed by atoms with Crippen LogP contribution in [0.1, 0.15) is 23.6 Å². The van der Waals surface area contributed by atoms with Gasteiger partial charge in [-0.05, 0) is 71.6 Å². The van der Waals surface area contributed by atoms with E-state index in [-0.39, 0.29) is 25.9 Å². The Bertz CT molecular complexity index is 1290. The fourth-order valence-electron chi connectivity index (χ4n) is 3.35. The highest BCUT2D eigenvalue weighted by Gasteiger charge is 2.15. The van der Waals surface area contributed by atoms with Crippen molar-refractivity contribution in [2.75, 3.05) is 18.7 Å². The fourth-order valence-corrected chi connectivity index (χ4v) is 3.35. The van der Waals surface area contributed by atoms with Crippen LogP contribution in [0, 0.1) is 0 Å². The van der Waals surface area contributed by atoms with Crippen LogP contribution < -0.4 is 30.3 Å². The Morgan fingerprint density at radius 2 is 1.65 bits per heavy atom. The molecule has 0 saturated carbocycles. The number of carbonyl (C=O) groups excluding carboxylic acids is 3. The Balaban J connectivity index is 1.17.